The van der Waals surface area contributed by atoms with Crippen molar-refractivity contribution >= 4 is 22.9 Å². The Kier molecular flexibility index (Phi) is 3.75. The topological polar surface area (TPSA) is 78.7 Å². The van der Waals surface area contributed by atoms with Crippen molar-refractivity contribution in [3.05, 3.63) is 69.2 Å². The van der Waals surface area contributed by atoms with E-state index < -0.39 is 5.69 Å². The Morgan fingerprint density at radius 1 is 1.17 bits per heavy atom. The Balaban J connectivity index is 1.63. The highest BCUT2D eigenvalue weighted by Crippen LogP contribution is 2.23. The van der Waals surface area contributed by atoms with E-state index in [0.29, 0.717) is 22.3 Å². The molecular weight excluding hydrogens is 350 g/mol. The summed E-state index contributed by atoms with van der Waals surface area (Å²) in [5.74, 6) is 0.520. The lowest BCUT2D eigenvalue weighted by atomic mass is 10.3. The molecule has 0 aliphatic carbocycles. The molecule has 0 saturated heterocycles. The number of halogens is 1. The van der Waals surface area contributed by atoms with Crippen molar-refractivity contribution in [1.29, 1.82) is 0 Å². The molecule has 0 unspecified atom stereocenters. The zero-order chi connectivity index (χ0) is 16.5. The lowest BCUT2D eigenvalue weighted by Gasteiger charge is -2.00. The second kappa shape index (κ2) is 6.06. The predicted molar refractivity (Wildman–Crippen MR) is 89.5 cm³/mol. The van der Waals surface area contributed by atoms with E-state index in [9.17, 15) is 4.79 Å². The van der Waals surface area contributed by atoms with Crippen molar-refractivity contribution in [3.63, 3.8) is 0 Å². The molecular formula is C15H10ClN5O2S. The third-order valence-corrected chi connectivity index (χ3v) is 4.49. The van der Waals surface area contributed by atoms with E-state index in [0.717, 1.165) is 9.56 Å². The number of aromatic nitrogens is 5. The number of tetrazole rings is 1. The van der Waals surface area contributed by atoms with E-state index in [1.54, 1.807) is 24.3 Å². The summed E-state index contributed by atoms with van der Waals surface area (Å²) in [4.78, 5) is 17.7. The number of nitrogens with zero attached hydrogens (tertiary/aromatic N) is 5. The molecule has 4 aromatic rings. The highest BCUT2D eigenvalue weighted by molar-refractivity contribution is 7.13. The number of benzene rings is 1. The van der Waals surface area contributed by atoms with Crippen molar-refractivity contribution in [2.75, 3.05) is 0 Å². The van der Waals surface area contributed by atoms with Crippen LogP contribution in [0.5, 0.6) is 0 Å². The van der Waals surface area contributed by atoms with Crippen LogP contribution in [0, 0.1) is 0 Å². The molecule has 1 aromatic carbocycles. The van der Waals surface area contributed by atoms with Crippen LogP contribution < -0.4 is 5.69 Å². The van der Waals surface area contributed by atoms with Gasteiger partial charge >= 0.3 is 5.69 Å². The molecule has 0 saturated carbocycles. The first-order valence-electron chi connectivity index (χ1n) is 6.98. The van der Waals surface area contributed by atoms with Crippen LogP contribution in [-0.4, -0.2) is 24.8 Å². The van der Waals surface area contributed by atoms with E-state index in [1.807, 2.05) is 17.5 Å². The molecule has 0 spiro atoms. The quantitative estimate of drug-likeness (QED) is 0.560. The van der Waals surface area contributed by atoms with Gasteiger partial charge in [0.25, 0.3) is 0 Å². The summed E-state index contributed by atoms with van der Waals surface area (Å²) in [6.45, 7) is 0.165. The van der Waals surface area contributed by atoms with Gasteiger partial charge in [-0.25, -0.2) is 9.78 Å². The first-order chi connectivity index (χ1) is 11.7. The summed E-state index contributed by atoms with van der Waals surface area (Å²) in [7, 11) is 0. The van der Waals surface area contributed by atoms with Gasteiger partial charge in [0.2, 0.25) is 5.89 Å². The predicted octanol–water partition coefficient (Wildman–Crippen LogP) is 2.85. The molecule has 3 heterocycles. The molecule has 0 atom stereocenters. The third-order valence-electron chi connectivity index (χ3n) is 3.32. The van der Waals surface area contributed by atoms with Gasteiger partial charge in [-0.2, -0.15) is 9.36 Å². The lowest BCUT2D eigenvalue weighted by Crippen LogP contribution is -2.25. The summed E-state index contributed by atoms with van der Waals surface area (Å²) < 4.78 is 7.80. The fourth-order valence-electron chi connectivity index (χ4n) is 2.19. The minimum absolute atomic E-state index is 0.165. The molecule has 0 N–H and O–H groups in total. The SMILES string of the molecule is O=c1n(Cc2coc(-c3cccs3)n2)nnn1-c1ccccc1Cl. The monoisotopic (exact) mass is 359 g/mol. The van der Waals surface area contributed by atoms with Crippen LogP contribution in [0.25, 0.3) is 16.5 Å². The summed E-state index contributed by atoms with van der Waals surface area (Å²) in [6.07, 6.45) is 1.51. The first-order valence-corrected chi connectivity index (χ1v) is 8.24. The maximum absolute atomic E-state index is 12.4. The fourth-order valence-corrected chi connectivity index (χ4v) is 3.07. The maximum Gasteiger partial charge on any atom is 0.368 e. The second-order valence-corrected chi connectivity index (χ2v) is 6.26. The first kappa shape index (κ1) is 14.9. The molecule has 0 amide bonds. The van der Waals surface area contributed by atoms with Gasteiger partial charge in [0.1, 0.15) is 12.0 Å². The summed E-state index contributed by atoms with van der Waals surface area (Å²) in [5.41, 5.74) is 0.672. The highest BCUT2D eigenvalue weighted by Gasteiger charge is 2.14. The number of hydrogen-bond donors (Lipinski definition) is 0. The second-order valence-electron chi connectivity index (χ2n) is 4.90. The maximum atomic E-state index is 12.4. The Bertz CT molecular complexity index is 1030. The minimum atomic E-state index is -0.399. The molecule has 4 rings (SSSR count). The summed E-state index contributed by atoms with van der Waals surface area (Å²) in [5, 5.41) is 10.1. The van der Waals surface area contributed by atoms with Crippen LogP contribution in [0.3, 0.4) is 0 Å². The average Bonchev–Trinajstić information content (AvgIpc) is 3.31. The van der Waals surface area contributed by atoms with Crippen molar-refractivity contribution in [3.8, 4) is 16.5 Å². The van der Waals surface area contributed by atoms with Gasteiger partial charge in [-0.05, 0) is 34.0 Å². The molecule has 0 bridgehead atoms. The Morgan fingerprint density at radius 3 is 2.83 bits per heavy atom. The summed E-state index contributed by atoms with van der Waals surface area (Å²) >= 11 is 7.63. The van der Waals surface area contributed by atoms with Crippen molar-refractivity contribution in [2.24, 2.45) is 0 Å². The van der Waals surface area contributed by atoms with Crippen molar-refractivity contribution in [1.82, 2.24) is 24.8 Å². The lowest BCUT2D eigenvalue weighted by molar-refractivity contribution is 0.568. The molecule has 9 heteroatoms. The van der Waals surface area contributed by atoms with Gasteiger partial charge in [0.05, 0.1) is 22.1 Å². The van der Waals surface area contributed by atoms with Crippen LogP contribution in [0.15, 0.2) is 57.3 Å². The van der Waals surface area contributed by atoms with Gasteiger partial charge < -0.3 is 4.42 Å². The zero-order valence-electron chi connectivity index (χ0n) is 12.2. The smallest absolute Gasteiger partial charge is 0.368 e. The normalized spacial score (nSPS) is 11.0. The number of hydrogen-bond acceptors (Lipinski definition) is 6. The van der Waals surface area contributed by atoms with Gasteiger partial charge in [-0.1, -0.05) is 29.8 Å². The van der Waals surface area contributed by atoms with Crippen molar-refractivity contribution < 1.29 is 4.42 Å². The third kappa shape index (κ3) is 2.66. The van der Waals surface area contributed by atoms with Gasteiger partial charge in [-0.15, -0.1) is 11.3 Å². The number of para-hydroxylation sites is 1. The van der Waals surface area contributed by atoms with Gasteiger partial charge in [0, 0.05) is 0 Å². The van der Waals surface area contributed by atoms with Crippen LogP contribution in [-0.2, 0) is 6.54 Å². The van der Waals surface area contributed by atoms with E-state index in [-0.39, 0.29) is 6.54 Å². The van der Waals surface area contributed by atoms with Gasteiger partial charge in [0.15, 0.2) is 0 Å². The van der Waals surface area contributed by atoms with E-state index >= 15 is 0 Å². The zero-order valence-corrected chi connectivity index (χ0v) is 13.7. The standard InChI is InChI=1S/C15H10ClN5O2S/c16-11-4-1-2-5-12(11)21-15(22)20(18-19-21)8-10-9-23-14(17-10)13-6-3-7-24-13/h1-7,9H,8H2. The molecule has 7 nitrogen and oxygen atoms in total. The van der Waals surface area contributed by atoms with Crippen LogP contribution in [0.4, 0.5) is 0 Å². The Morgan fingerprint density at radius 2 is 2.04 bits per heavy atom. The van der Waals surface area contributed by atoms with Gasteiger partial charge in [-0.3, -0.25) is 0 Å². The molecule has 0 aliphatic rings. The molecule has 24 heavy (non-hydrogen) atoms. The van der Waals surface area contributed by atoms with Crippen LogP contribution >= 0.6 is 22.9 Å². The molecule has 3 aromatic heterocycles. The van der Waals surface area contributed by atoms with Crippen LogP contribution in [0.2, 0.25) is 5.02 Å². The molecule has 0 radical (unpaired) electrons. The van der Waals surface area contributed by atoms with E-state index in [2.05, 4.69) is 15.4 Å². The van der Waals surface area contributed by atoms with Crippen molar-refractivity contribution in [2.45, 2.75) is 6.54 Å². The molecule has 0 aliphatic heterocycles. The average molecular weight is 360 g/mol. The highest BCUT2D eigenvalue weighted by atomic mass is 35.5. The Labute approximate surface area is 144 Å². The van der Waals surface area contributed by atoms with Crippen LogP contribution in [0.1, 0.15) is 5.69 Å². The minimum Gasteiger partial charge on any atom is -0.443 e. The molecule has 120 valence electrons. The summed E-state index contributed by atoms with van der Waals surface area (Å²) in [6, 6.07) is 10.8. The number of rotatable bonds is 4. The Hall–Kier alpha value is -2.71. The van der Waals surface area contributed by atoms with E-state index in [4.69, 9.17) is 16.0 Å². The van der Waals surface area contributed by atoms with E-state index in [1.165, 1.54) is 22.3 Å². The molecule has 0 fully saturated rings. The fraction of sp³-hybridized carbons (Fsp3) is 0.0667. The number of oxazole rings is 1. The number of thiophene rings is 1. The largest absolute Gasteiger partial charge is 0.443 e.